The minimum atomic E-state index is -3.39. The van der Waals surface area contributed by atoms with Gasteiger partial charge in [0.15, 0.2) is 0 Å². The van der Waals surface area contributed by atoms with Crippen LogP contribution in [0.1, 0.15) is 47.5 Å². The second kappa shape index (κ2) is 4.42. The molecular weight excluding hydrogens is 288 g/mol. The maximum absolute atomic E-state index is 12.8. The average molecular weight is 304 g/mol. The van der Waals surface area contributed by atoms with Gasteiger partial charge in [-0.2, -0.15) is 4.31 Å². The van der Waals surface area contributed by atoms with E-state index in [4.69, 9.17) is 4.52 Å². The Balaban J connectivity index is 1.69. The van der Waals surface area contributed by atoms with Crippen LogP contribution in [0, 0.1) is 6.92 Å². The van der Waals surface area contributed by atoms with E-state index in [1.54, 1.807) is 17.3 Å². The molecule has 0 radical (unpaired) electrons. The van der Waals surface area contributed by atoms with Gasteiger partial charge in [-0.25, -0.2) is 8.42 Å². The summed E-state index contributed by atoms with van der Waals surface area (Å²) in [6.45, 7) is 1.76. The van der Waals surface area contributed by atoms with Crippen LogP contribution in [0.2, 0.25) is 0 Å². The molecule has 1 aromatic carbocycles. The molecule has 1 saturated heterocycles. The number of nitrogens with zero attached hydrogens (tertiary/aromatic N) is 2. The Hall–Kier alpha value is -1.66. The van der Waals surface area contributed by atoms with Crippen LogP contribution in [0.3, 0.4) is 0 Å². The summed E-state index contributed by atoms with van der Waals surface area (Å²) in [6, 6.07) is 9.71. The lowest BCUT2D eigenvalue weighted by Crippen LogP contribution is -2.29. The summed E-state index contributed by atoms with van der Waals surface area (Å²) in [5.74, 6) is 0.540. The van der Waals surface area contributed by atoms with Crippen molar-refractivity contribution < 1.29 is 12.9 Å². The standard InChI is InChI=1S/C15H16N2O3S/c1-10-8-11(16-20-10)9-21(18,19)17-14-6-7-15(17)13-5-3-2-4-12(13)14/h2-5,8,14-15H,6-7,9H2,1H3. The van der Waals surface area contributed by atoms with Crippen molar-refractivity contribution in [3.63, 3.8) is 0 Å². The van der Waals surface area contributed by atoms with E-state index >= 15 is 0 Å². The topological polar surface area (TPSA) is 63.4 Å². The summed E-state index contributed by atoms with van der Waals surface area (Å²) in [5.41, 5.74) is 2.80. The number of sulfonamides is 1. The maximum atomic E-state index is 12.8. The third-order valence-corrected chi connectivity index (χ3v) is 6.18. The summed E-state index contributed by atoms with van der Waals surface area (Å²) in [4.78, 5) is 0. The zero-order valence-corrected chi connectivity index (χ0v) is 12.5. The Morgan fingerprint density at radius 1 is 1.24 bits per heavy atom. The second-order valence-corrected chi connectivity index (χ2v) is 7.63. The molecule has 5 nitrogen and oxygen atoms in total. The molecule has 2 unspecified atom stereocenters. The van der Waals surface area contributed by atoms with Gasteiger partial charge >= 0.3 is 0 Å². The zero-order chi connectivity index (χ0) is 14.6. The minimum Gasteiger partial charge on any atom is -0.361 e. The summed E-state index contributed by atoms with van der Waals surface area (Å²) in [7, 11) is -3.39. The molecule has 3 heterocycles. The fraction of sp³-hybridized carbons (Fsp3) is 0.400. The predicted octanol–water partition coefficient (Wildman–Crippen LogP) is 2.70. The van der Waals surface area contributed by atoms with Crippen molar-refractivity contribution in [1.29, 1.82) is 0 Å². The van der Waals surface area contributed by atoms with Gasteiger partial charge in [0, 0.05) is 6.07 Å². The van der Waals surface area contributed by atoms with E-state index in [9.17, 15) is 8.42 Å². The van der Waals surface area contributed by atoms with Crippen LogP contribution in [0.15, 0.2) is 34.9 Å². The Bertz CT molecular complexity index is 766. The average Bonchev–Trinajstić information content (AvgIpc) is 3.12. The van der Waals surface area contributed by atoms with E-state index in [1.807, 2.05) is 24.3 Å². The number of aryl methyl sites for hydroxylation is 1. The van der Waals surface area contributed by atoms with Crippen LogP contribution in [-0.2, 0) is 15.8 Å². The normalized spacial score (nSPS) is 24.4. The Labute approximate surface area is 123 Å². The van der Waals surface area contributed by atoms with E-state index < -0.39 is 10.0 Å². The first-order valence-electron chi connectivity index (χ1n) is 7.08. The monoisotopic (exact) mass is 304 g/mol. The van der Waals surface area contributed by atoms with Gasteiger partial charge in [-0.05, 0) is 30.9 Å². The summed E-state index contributed by atoms with van der Waals surface area (Å²) >= 11 is 0. The lowest BCUT2D eigenvalue weighted by molar-refractivity contribution is 0.362. The second-order valence-electron chi connectivity index (χ2n) is 5.75. The van der Waals surface area contributed by atoms with Gasteiger partial charge in [-0.3, -0.25) is 0 Å². The lowest BCUT2D eigenvalue weighted by atomic mass is 9.92. The molecule has 1 fully saturated rings. The van der Waals surface area contributed by atoms with Crippen molar-refractivity contribution in [2.75, 3.05) is 0 Å². The van der Waals surface area contributed by atoms with Crippen molar-refractivity contribution >= 4 is 10.0 Å². The molecule has 2 atom stereocenters. The molecule has 21 heavy (non-hydrogen) atoms. The van der Waals surface area contributed by atoms with Crippen molar-refractivity contribution in [3.05, 3.63) is 52.9 Å². The molecule has 110 valence electrons. The van der Waals surface area contributed by atoms with E-state index in [-0.39, 0.29) is 17.8 Å². The van der Waals surface area contributed by atoms with Gasteiger partial charge in [0.25, 0.3) is 0 Å². The Morgan fingerprint density at radius 3 is 2.38 bits per heavy atom. The molecular formula is C15H16N2O3S. The molecule has 2 aliphatic rings. The first-order chi connectivity index (χ1) is 10.1. The molecule has 6 heteroatoms. The van der Waals surface area contributed by atoms with Gasteiger partial charge < -0.3 is 4.52 Å². The van der Waals surface area contributed by atoms with Crippen LogP contribution in [0.4, 0.5) is 0 Å². The van der Waals surface area contributed by atoms with Gasteiger partial charge in [-0.15, -0.1) is 0 Å². The fourth-order valence-electron chi connectivity index (χ4n) is 3.63. The summed E-state index contributed by atoms with van der Waals surface area (Å²) < 4.78 is 32.2. The third kappa shape index (κ3) is 1.93. The van der Waals surface area contributed by atoms with Gasteiger partial charge in [0.2, 0.25) is 10.0 Å². The Morgan fingerprint density at radius 2 is 1.86 bits per heavy atom. The SMILES string of the molecule is Cc1cc(CS(=O)(=O)N2C3CCC2c2ccccc23)no1. The quantitative estimate of drug-likeness (QED) is 0.874. The number of hydrogen-bond donors (Lipinski definition) is 0. The van der Waals surface area contributed by atoms with Crippen LogP contribution < -0.4 is 0 Å². The van der Waals surface area contributed by atoms with E-state index in [0.29, 0.717) is 11.5 Å². The van der Waals surface area contributed by atoms with E-state index in [2.05, 4.69) is 5.16 Å². The van der Waals surface area contributed by atoms with Gasteiger partial charge in [0.05, 0.1) is 12.1 Å². The van der Waals surface area contributed by atoms with E-state index in [0.717, 1.165) is 24.0 Å². The zero-order valence-electron chi connectivity index (χ0n) is 11.7. The highest BCUT2D eigenvalue weighted by molar-refractivity contribution is 7.88. The first kappa shape index (κ1) is 13.0. The van der Waals surface area contributed by atoms with E-state index in [1.165, 1.54) is 0 Å². The minimum absolute atomic E-state index is 0.0100. The molecule has 0 aliphatic carbocycles. The molecule has 2 bridgehead atoms. The maximum Gasteiger partial charge on any atom is 0.221 e. The Kier molecular flexibility index (Phi) is 2.74. The smallest absolute Gasteiger partial charge is 0.221 e. The first-order valence-corrected chi connectivity index (χ1v) is 8.69. The van der Waals surface area contributed by atoms with Crippen LogP contribution in [0.5, 0.6) is 0 Å². The third-order valence-electron chi connectivity index (χ3n) is 4.37. The van der Waals surface area contributed by atoms with Crippen molar-refractivity contribution in [2.24, 2.45) is 0 Å². The largest absolute Gasteiger partial charge is 0.361 e. The predicted molar refractivity (Wildman–Crippen MR) is 76.9 cm³/mol. The highest BCUT2D eigenvalue weighted by Gasteiger charge is 2.49. The molecule has 2 aliphatic heterocycles. The fourth-order valence-corrected chi connectivity index (χ4v) is 5.50. The van der Waals surface area contributed by atoms with Crippen molar-refractivity contribution in [1.82, 2.24) is 9.46 Å². The molecule has 0 N–H and O–H groups in total. The number of aromatic nitrogens is 1. The van der Waals surface area contributed by atoms with Crippen LogP contribution in [-0.4, -0.2) is 17.9 Å². The highest BCUT2D eigenvalue weighted by Crippen LogP contribution is 2.54. The molecule has 1 aromatic heterocycles. The number of hydrogen-bond acceptors (Lipinski definition) is 4. The molecule has 2 aromatic rings. The molecule has 0 amide bonds. The number of benzene rings is 1. The highest BCUT2D eigenvalue weighted by atomic mass is 32.2. The number of rotatable bonds is 3. The van der Waals surface area contributed by atoms with Gasteiger partial charge in [0.1, 0.15) is 17.2 Å². The summed E-state index contributed by atoms with van der Waals surface area (Å²) in [5, 5.41) is 3.81. The molecule has 0 spiro atoms. The molecule has 4 rings (SSSR count). The number of fused-ring (bicyclic) bond motifs is 5. The molecule has 0 saturated carbocycles. The summed E-state index contributed by atoms with van der Waals surface area (Å²) in [6.07, 6.45) is 1.80. The van der Waals surface area contributed by atoms with Crippen molar-refractivity contribution in [3.8, 4) is 0 Å². The van der Waals surface area contributed by atoms with Crippen molar-refractivity contribution in [2.45, 2.75) is 37.6 Å². The van der Waals surface area contributed by atoms with Gasteiger partial charge in [-0.1, -0.05) is 29.4 Å². The van der Waals surface area contributed by atoms with Crippen LogP contribution >= 0.6 is 0 Å². The van der Waals surface area contributed by atoms with Crippen LogP contribution in [0.25, 0.3) is 0 Å². The lowest BCUT2D eigenvalue weighted by Gasteiger charge is -2.21.